The Morgan fingerprint density at radius 3 is 2.85 bits per heavy atom. The molecule has 1 amide bonds. The quantitative estimate of drug-likeness (QED) is 0.868. The van der Waals surface area contributed by atoms with Crippen LogP contribution in [0.3, 0.4) is 0 Å². The summed E-state index contributed by atoms with van der Waals surface area (Å²) in [5, 5.41) is 13.7. The highest BCUT2D eigenvalue weighted by molar-refractivity contribution is 6.08. The molecule has 0 radical (unpaired) electrons. The zero-order chi connectivity index (χ0) is 14.3. The molecule has 4 heteroatoms. The van der Waals surface area contributed by atoms with E-state index in [2.05, 4.69) is 12.2 Å². The molecule has 0 saturated heterocycles. The first-order valence-corrected chi connectivity index (χ1v) is 7.23. The molecule has 2 aliphatic rings. The van der Waals surface area contributed by atoms with Crippen LogP contribution in [-0.2, 0) is 15.2 Å². The van der Waals surface area contributed by atoms with E-state index >= 15 is 0 Å². The Bertz CT molecular complexity index is 569. The first-order chi connectivity index (χ1) is 9.57. The van der Waals surface area contributed by atoms with E-state index < -0.39 is 17.4 Å². The molecule has 0 unspecified atom stereocenters. The second-order valence-corrected chi connectivity index (χ2v) is 5.83. The summed E-state index contributed by atoms with van der Waals surface area (Å²) in [6.45, 7) is 2.09. The number of hydrogen-bond donors (Lipinski definition) is 2. The largest absolute Gasteiger partial charge is 0.375 e. The molecule has 0 bridgehead atoms. The minimum Gasteiger partial charge on any atom is -0.375 e. The number of para-hydroxylation sites is 1. The van der Waals surface area contributed by atoms with Crippen LogP contribution in [0, 0.1) is 11.8 Å². The first kappa shape index (κ1) is 13.3. The number of carbonyl (C=O) groups is 2. The molecular weight excluding hydrogens is 254 g/mol. The fourth-order valence-electron chi connectivity index (χ4n) is 3.49. The maximum absolute atomic E-state index is 12.3. The second kappa shape index (κ2) is 4.70. The predicted octanol–water partition coefficient (Wildman–Crippen LogP) is 2.22. The molecule has 20 heavy (non-hydrogen) atoms. The molecule has 3 atom stereocenters. The Morgan fingerprint density at radius 1 is 1.35 bits per heavy atom. The summed E-state index contributed by atoms with van der Waals surface area (Å²) < 4.78 is 0. The summed E-state index contributed by atoms with van der Waals surface area (Å²) >= 11 is 0. The van der Waals surface area contributed by atoms with Gasteiger partial charge in [0.25, 0.3) is 5.91 Å². The summed E-state index contributed by atoms with van der Waals surface area (Å²) in [4.78, 5) is 24.5. The number of hydrogen-bond acceptors (Lipinski definition) is 3. The normalized spacial score (nSPS) is 32.9. The fourth-order valence-corrected chi connectivity index (χ4v) is 3.49. The average molecular weight is 273 g/mol. The van der Waals surface area contributed by atoms with Gasteiger partial charge in [-0.2, -0.15) is 0 Å². The number of anilines is 1. The summed E-state index contributed by atoms with van der Waals surface area (Å²) in [7, 11) is 0. The fraction of sp³-hybridized carbons (Fsp3) is 0.500. The van der Waals surface area contributed by atoms with Crippen LogP contribution in [0.4, 0.5) is 5.69 Å². The Balaban J connectivity index is 2.03. The van der Waals surface area contributed by atoms with Crippen LogP contribution < -0.4 is 5.32 Å². The maximum Gasteiger partial charge on any atom is 0.261 e. The number of benzene rings is 1. The minimum absolute atomic E-state index is 0.00375. The molecular formula is C16H19NO3. The van der Waals surface area contributed by atoms with Crippen LogP contribution in [0.25, 0.3) is 0 Å². The lowest BCUT2D eigenvalue weighted by Gasteiger charge is -2.35. The standard InChI is InChI=1S/C16H19NO3/c1-2-10-7-8-14(18)12(9-10)16(20)11-5-3-4-6-13(11)17-15(16)19/h3-6,10,12,20H,2,7-9H2,1H3,(H,17,19)/t10-,12-,16-/m0/s1. The number of carbonyl (C=O) groups excluding carboxylic acids is 2. The second-order valence-electron chi connectivity index (χ2n) is 5.83. The number of aliphatic hydroxyl groups is 1. The van der Waals surface area contributed by atoms with Gasteiger partial charge in [0.1, 0.15) is 5.78 Å². The molecule has 1 heterocycles. The van der Waals surface area contributed by atoms with Crippen LogP contribution in [0.5, 0.6) is 0 Å². The van der Waals surface area contributed by atoms with Gasteiger partial charge in [0.15, 0.2) is 5.60 Å². The van der Waals surface area contributed by atoms with Crippen molar-refractivity contribution in [2.45, 2.75) is 38.2 Å². The highest BCUT2D eigenvalue weighted by Crippen LogP contribution is 2.46. The molecule has 2 N–H and O–H groups in total. The van der Waals surface area contributed by atoms with E-state index in [4.69, 9.17) is 0 Å². The number of nitrogens with one attached hydrogen (secondary N) is 1. The lowest BCUT2D eigenvalue weighted by molar-refractivity contribution is -0.152. The molecule has 0 aromatic heterocycles. The molecule has 1 fully saturated rings. The SMILES string of the molecule is CC[C@H]1CCC(=O)[C@@H]([C@]2(O)C(=O)Nc3ccccc32)C1. The van der Waals surface area contributed by atoms with E-state index in [9.17, 15) is 14.7 Å². The van der Waals surface area contributed by atoms with Crippen molar-refractivity contribution in [2.24, 2.45) is 11.8 Å². The van der Waals surface area contributed by atoms with Crippen molar-refractivity contribution in [3.63, 3.8) is 0 Å². The highest BCUT2D eigenvalue weighted by Gasteiger charge is 2.54. The van der Waals surface area contributed by atoms with Crippen molar-refractivity contribution >= 4 is 17.4 Å². The van der Waals surface area contributed by atoms with Gasteiger partial charge in [0, 0.05) is 17.7 Å². The van der Waals surface area contributed by atoms with Crippen molar-refractivity contribution in [1.29, 1.82) is 0 Å². The lowest BCUT2D eigenvalue weighted by Crippen LogP contribution is -2.47. The van der Waals surface area contributed by atoms with Crippen LogP contribution in [0.15, 0.2) is 24.3 Å². The molecule has 1 aliphatic heterocycles. The Hall–Kier alpha value is -1.68. The van der Waals surface area contributed by atoms with Crippen molar-refractivity contribution in [3.05, 3.63) is 29.8 Å². The van der Waals surface area contributed by atoms with Crippen LogP contribution in [0.2, 0.25) is 0 Å². The number of ketones is 1. The maximum atomic E-state index is 12.3. The third-order valence-corrected chi connectivity index (χ3v) is 4.77. The zero-order valence-electron chi connectivity index (χ0n) is 11.6. The highest BCUT2D eigenvalue weighted by atomic mass is 16.3. The smallest absolute Gasteiger partial charge is 0.261 e. The topological polar surface area (TPSA) is 66.4 Å². The number of amides is 1. The first-order valence-electron chi connectivity index (χ1n) is 7.23. The summed E-state index contributed by atoms with van der Waals surface area (Å²) in [6, 6.07) is 7.09. The van der Waals surface area contributed by atoms with E-state index in [1.165, 1.54) is 0 Å². The summed E-state index contributed by atoms with van der Waals surface area (Å²) in [5.41, 5.74) is -0.534. The molecule has 1 saturated carbocycles. The van der Waals surface area contributed by atoms with Crippen molar-refractivity contribution in [3.8, 4) is 0 Å². The van der Waals surface area contributed by atoms with E-state index in [1.807, 2.05) is 6.07 Å². The van der Waals surface area contributed by atoms with Gasteiger partial charge in [-0.15, -0.1) is 0 Å². The van der Waals surface area contributed by atoms with Gasteiger partial charge in [-0.3, -0.25) is 9.59 Å². The average Bonchev–Trinajstić information content (AvgIpc) is 2.72. The van der Waals surface area contributed by atoms with Gasteiger partial charge in [-0.25, -0.2) is 0 Å². The van der Waals surface area contributed by atoms with Crippen molar-refractivity contribution in [2.75, 3.05) is 5.32 Å². The Morgan fingerprint density at radius 2 is 2.10 bits per heavy atom. The monoisotopic (exact) mass is 273 g/mol. The van der Waals surface area contributed by atoms with E-state index in [1.54, 1.807) is 18.2 Å². The van der Waals surface area contributed by atoms with Crippen molar-refractivity contribution in [1.82, 2.24) is 0 Å². The van der Waals surface area contributed by atoms with Gasteiger partial charge in [0.2, 0.25) is 0 Å². The molecule has 1 aliphatic carbocycles. The molecule has 1 aromatic rings. The van der Waals surface area contributed by atoms with Crippen molar-refractivity contribution < 1.29 is 14.7 Å². The van der Waals surface area contributed by atoms with Crippen LogP contribution in [0.1, 0.15) is 38.2 Å². The lowest BCUT2D eigenvalue weighted by atomic mass is 9.69. The van der Waals surface area contributed by atoms with Gasteiger partial charge >= 0.3 is 0 Å². The molecule has 4 nitrogen and oxygen atoms in total. The van der Waals surface area contributed by atoms with Crippen LogP contribution in [-0.4, -0.2) is 16.8 Å². The van der Waals surface area contributed by atoms with Gasteiger partial charge < -0.3 is 10.4 Å². The summed E-state index contributed by atoms with van der Waals surface area (Å²) in [5.74, 6) is -0.676. The van der Waals surface area contributed by atoms with E-state index in [0.29, 0.717) is 30.0 Å². The third kappa shape index (κ3) is 1.79. The van der Waals surface area contributed by atoms with E-state index in [0.717, 1.165) is 12.8 Å². The van der Waals surface area contributed by atoms with Gasteiger partial charge in [0.05, 0.1) is 5.92 Å². The van der Waals surface area contributed by atoms with Gasteiger partial charge in [-0.05, 0) is 24.8 Å². The number of fused-ring (bicyclic) bond motifs is 1. The van der Waals surface area contributed by atoms with E-state index in [-0.39, 0.29) is 5.78 Å². The molecule has 3 rings (SSSR count). The number of rotatable bonds is 2. The molecule has 0 spiro atoms. The minimum atomic E-state index is -1.69. The number of Topliss-reactive ketones (excluding diaryl/α,β-unsaturated/α-hetero) is 1. The molecule has 1 aromatic carbocycles. The summed E-state index contributed by atoms with van der Waals surface area (Å²) in [6.07, 6.45) is 2.89. The van der Waals surface area contributed by atoms with Gasteiger partial charge in [-0.1, -0.05) is 31.5 Å². The predicted molar refractivity (Wildman–Crippen MR) is 75.1 cm³/mol. The molecule has 106 valence electrons. The Kier molecular flexibility index (Phi) is 3.13. The van der Waals surface area contributed by atoms with Crippen LogP contribution >= 0.6 is 0 Å². The zero-order valence-corrected chi connectivity index (χ0v) is 11.6. The Labute approximate surface area is 118 Å². The third-order valence-electron chi connectivity index (χ3n) is 4.77.